The second-order valence-corrected chi connectivity index (χ2v) is 9.70. The van der Waals surface area contributed by atoms with E-state index in [1.165, 1.54) is 49.9 Å². The van der Waals surface area contributed by atoms with Crippen molar-refractivity contribution in [2.75, 3.05) is 38.1 Å². The van der Waals surface area contributed by atoms with Gasteiger partial charge in [0.05, 0.1) is 17.8 Å². The second-order valence-electron chi connectivity index (χ2n) is 9.70. The van der Waals surface area contributed by atoms with Gasteiger partial charge in [0, 0.05) is 45.0 Å². The molecule has 2 aromatic rings. The van der Waals surface area contributed by atoms with Crippen molar-refractivity contribution in [2.45, 2.75) is 63.6 Å². The van der Waals surface area contributed by atoms with Crippen molar-refractivity contribution in [3.8, 4) is 0 Å². The lowest BCUT2D eigenvalue weighted by molar-refractivity contribution is -0.167. The Kier molecular flexibility index (Phi) is 7.37. The molecule has 2 unspecified atom stereocenters. The van der Waals surface area contributed by atoms with Gasteiger partial charge in [0.1, 0.15) is 6.33 Å². The van der Waals surface area contributed by atoms with Crippen LogP contribution in [0.15, 0.2) is 42.9 Å². The number of hydrogen-bond donors (Lipinski definition) is 1. The first-order chi connectivity index (χ1) is 16.7. The number of hydrogen-bond acceptors (Lipinski definition) is 7. The Morgan fingerprint density at radius 2 is 1.85 bits per heavy atom. The summed E-state index contributed by atoms with van der Waals surface area (Å²) in [5.74, 6) is 0.0661. The number of benzene rings is 1. The third-order valence-corrected chi connectivity index (χ3v) is 7.37. The lowest BCUT2D eigenvalue weighted by atomic mass is 10.0. The summed E-state index contributed by atoms with van der Waals surface area (Å²) in [6.45, 7) is 5.38. The number of para-hydroxylation sites is 1. The largest absolute Gasteiger partial charge is 0.371 e. The SMILES string of the molecule is CN1C(=O)CC(c2ccncn2)NC1OC1CCN(c2ccccc2CN2CCCCC2)CC1. The molecule has 182 valence electrons. The number of carbonyl (C=O) groups excluding carboxylic acids is 1. The first-order valence-corrected chi connectivity index (χ1v) is 12.7. The fourth-order valence-electron chi connectivity index (χ4n) is 5.35. The van der Waals surface area contributed by atoms with E-state index in [2.05, 4.69) is 49.4 Å². The predicted octanol–water partition coefficient (Wildman–Crippen LogP) is 2.92. The molecule has 0 bridgehead atoms. The number of nitrogens with one attached hydrogen (secondary N) is 1. The molecule has 5 rings (SSSR count). The van der Waals surface area contributed by atoms with Crippen LogP contribution in [0.1, 0.15) is 55.8 Å². The lowest BCUT2D eigenvalue weighted by Crippen LogP contribution is -2.56. The van der Waals surface area contributed by atoms with Gasteiger partial charge in [-0.25, -0.2) is 9.97 Å². The van der Waals surface area contributed by atoms with Crippen LogP contribution in [0.5, 0.6) is 0 Å². The van der Waals surface area contributed by atoms with Gasteiger partial charge in [0.15, 0.2) is 6.35 Å². The van der Waals surface area contributed by atoms with E-state index in [-0.39, 0.29) is 18.1 Å². The van der Waals surface area contributed by atoms with E-state index in [1.807, 2.05) is 13.1 Å². The number of ether oxygens (including phenoxy) is 1. The van der Waals surface area contributed by atoms with Crippen molar-refractivity contribution < 1.29 is 9.53 Å². The van der Waals surface area contributed by atoms with Gasteiger partial charge in [-0.1, -0.05) is 24.6 Å². The molecular weight excluding hydrogens is 428 g/mol. The molecule has 3 aliphatic rings. The van der Waals surface area contributed by atoms with Crippen LogP contribution in [0.2, 0.25) is 0 Å². The normalized spacial score (nSPS) is 25.0. The summed E-state index contributed by atoms with van der Waals surface area (Å²) in [6.07, 6.45) is 9.15. The maximum Gasteiger partial charge on any atom is 0.227 e. The molecule has 3 saturated heterocycles. The van der Waals surface area contributed by atoms with E-state index in [4.69, 9.17) is 4.74 Å². The van der Waals surface area contributed by atoms with Gasteiger partial charge in [-0.15, -0.1) is 0 Å². The minimum Gasteiger partial charge on any atom is -0.371 e. The molecule has 0 spiro atoms. The highest BCUT2D eigenvalue weighted by atomic mass is 16.5. The Hall–Kier alpha value is -2.55. The average Bonchev–Trinajstić information content (AvgIpc) is 2.89. The fraction of sp³-hybridized carbons (Fsp3) is 0.577. The van der Waals surface area contributed by atoms with Gasteiger partial charge in [-0.2, -0.15) is 0 Å². The van der Waals surface area contributed by atoms with Crippen molar-refractivity contribution in [2.24, 2.45) is 0 Å². The summed E-state index contributed by atoms with van der Waals surface area (Å²) in [5, 5.41) is 3.47. The van der Waals surface area contributed by atoms with Crippen molar-refractivity contribution in [3.05, 3.63) is 54.1 Å². The highest BCUT2D eigenvalue weighted by Crippen LogP contribution is 2.29. The number of amides is 1. The molecule has 1 aromatic carbocycles. The standard InChI is InChI=1S/C26H36N6O2/c1-30-25(33)17-23(22-9-12-27-19-28-22)29-26(30)34-21-10-15-32(16-11-21)24-8-4-3-7-20(24)18-31-13-5-2-6-14-31/h3-4,7-9,12,19,21,23,26,29H,2,5-6,10-11,13-18H2,1H3. The van der Waals surface area contributed by atoms with Crippen molar-refractivity contribution >= 4 is 11.6 Å². The highest BCUT2D eigenvalue weighted by Gasteiger charge is 2.35. The molecule has 0 aliphatic carbocycles. The molecule has 3 aliphatic heterocycles. The topological polar surface area (TPSA) is 73.8 Å². The van der Waals surface area contributed by atoms with Gasteiger partial charge in [0.25, 0.3) is 0 Å². The number of anilines is 1. The van der Waals surface area contributed by atoms with Crippen molar-refractivity contribution in [1.29, 1.82) is 0 Å². The Balaban J connectivity index is 1.18. The molecule has 3 fully saturated rings. The van der Waals surface area contributed by atoms with Gasteiger partial charge in [-0.3, -0.25) is 15.0 Å². The van der Waals surface area contributed by atoms with Gasteiger partial charge in [0.2, 0.25) is 5.91 Å². The van der Waals surface area contributed by atoms with Crippen LogP contribution in [-0.4, -0.2) is 71.4 Å². The molecule has 2 atom stereocenters. The number of carbonyl (C=O) groups is 1. The Morgan fingerprint density at radius 1 is 1.06 bits per heavy atom. The summed E-state index contributed by atoms with van der Waals surface area (Å²) in [6, 6.07) is 10.6. The van der Waals surface area contributed by atoms with Gasteiger partial charge >= 0.3 is 0 Å². The first kappa shape index (κ1) is 23.2. The molecule has 1 N–H and O–H groups in total. The third kappa shape index (κ3) is 5.40. The summed E-state index contributed by atoms with van der Waals surface area (Å²) in [5.41, 5.74) is 3.61. The number of aromatic nitrogens is 2. The van der Waals surface area contributed by atoms with E-state index in [0.29, 0.717) is 6.42 Å². The molecule has 0 saturated carbocycles. The maximum absolute atomic E-state index is 12.6. The quantitative estimate of drug-likeness (QED) is 0.705. The smallest absolute Gasteiger partial charge is 0.227 e. The summed E-state index contributed by atoms with van der Waals surface area (Å²) in [7, 11) is 1.81. The Labute approximate surface area is 202 Å². The zero-order valence-electron chi connectivity index (χ0n) is 20.1. The van der Waals surface area contributed by atoms with E-state index in [1.54, 1.807) is 11.1 Å². The van der Waals surface area contributed by atoms with Crippen molar-refractivity contribution in [1.82, 2.24) is 25.1 Å². The second kappa shape index (κ2) is 10.8. The molecule has 8 nitrogen and oxygen atoms in total. The van der Waals surface area contributed by atoms with Crippen LogP contribution >= 0.6 is 0 Å². The average molecular weight is 465 g/mol. The number of piperidine rings is 2. The van der Waals surface area contributed by atoms with Gasteiger partial charge in [-0.05, 0) is 56.5 Å². The van der Waals surface area contributed by atoms with Crippen LogP contribution in [0.4, 0.5) is 5.69 Å². The van der Waals surface area contributed by atoms with E-state index < -0.39 is 6.35 Å². The van der Waals surface area contributed by atoms with Crippen LogP contribution < -0.4 is 10.2 Å². The lowest BCUT2D eigenvalue weighted by Gasteiger charge is -2.41. The van der Waals surface area contributed by atoms with Crippen LogP contribution in [0.25, 0.3) is 0 Å². The molecule has 0 radical (unpaired) electrons. The van der Waals surface area contributed by atoms with Crippen LogP contribution in [-0.2, 0) is 16.1 Å². The molecule has 1 aromatic heterocycles. The monoisotopic (exact) mass is 464 g/mol. The fourth-order valence-corrected chi connectivity index (χ4v) is 5.35. The first-order valence-electron chi connectivity index (χ1n) is 12.7. The van der Waals surface area contributed by atoms with Crippen molar-refractivity contribution in [3.63, 3.8) is 0 Å². The number of nitrogens with zero attached hydrogens (tertiary/aromatic N) is 5. The van der Waals surface area contributed by atoms with E-state index in [9.17, 15) is 4.79 Å². The summed E-state index contributed by atoms with van der Waals surface area (Å²) < 4.78 is 6.42. The molecule has 8 heteroatoms. The number of rotatable bonds is 6. The van der Waals surface area contributed by atoms with E-state index in [0.717, 1.165) is 38.2 Å². The summed E-state index contributed by atoms with van der Waals surface area (Å²) >= 11 is 0. The minimum atomic E-state index is -0.441. The zero-order chi connectivity index (χ0) is 23.3. The van der Waals surface area contributed by atoms with Gasteiger partial charge < -0.3 is 14.5 Å². The van der Waals surface area contributed by atoms with E-state index >= 15 is 0 Å². The zero-order valence-corrected chi connectivity index (χ0v) is 20.1. The predicted molar refractivity (Wildman–Crippen MR) is 131 cm³/mol. The molecular formula is C26H36N6O2. The molecule has 4 heterocycles. The Morgan fingerprint density at radius 3 is 2.62 bits per heavy atom. The minimum absolute atomic E-state index is 0.0661. The molecule has 1 amide bonds. The molecule has 34 heavy (non-hydrogen) atoms. The number of likely N-dealkylation sites (tertiary alicyclic amines) is 1. The Bertz CT molecular complexity index is 943. The van der Waals surface area contributed by atoms with Crippen LogP contribution in [0.3, 0.4) is 0 Å². The summed E-state index contributed by atoms with van der Waals surface area (Å²) in [4.78, 5) is 27.7. The third-order valence-electron chi connectivity index (χ3n) is 7.37. The highest BCUT2D eigenvalue weighted by molar-refractivity contribution is 5.77. The maximum atomic E-state index is 12.6. The van der Waals surface area contributed by atoms with Crippen LogP contribution in [0, 0.1) is 0 Å².